The van der Waals surface area contributed by atoms with Crippen LogP contribution in [0, 0.1) is 0 Å². The highest BCUT2D eigenvalue weighted by atomic mass is 16.5. The Balaban J connectivity index is 1.78. The highest BCUT2D eigenvalue weighted by molar-refractivity contribution is 5.57. The standard InChI is InChI=1S/C15H22N2O/c1-17(11-13-5-3-9-18-13)15-6-2-4-12-10-16-8-7-14(12)15/h2,4,6,13,16H,3,5,7-11H2,1H3. The van der Waals surface area contributed by atoms with Crippen LogP contribution in [-0.4, -0.2) is 32.8 Å². The molecule has 2 heterocycles. The molecule has 0 bridgehead atoms. The van der Waals surface area contributed by atoms with E-state index in [9.17, 15) is 0 Å². The zero-order valence-electron chi connectivity index (χ0n) is 11.1. The second-order valence-electron chi connectivity index (χ2n) is 5.36. The van der Waals surface area contributed by atoms with E-state index in [1.165, 1.54) is 29.7 Å². The Hall–Kier alpha value is -1.06. The lowest BCUT2D eigenvalue weighted by Crippen LogP contribution is -2.31. The molecule has 98 valence electrons. The van der Waals surface area contributed by atoms with Crippen LogP contribution in [-0.2, 0) is 17.7 Å². The Kier molecular flexibility index (Phi) is 3.52. The largest absolute Gasteiger partial charge is 0.376 e. The van der Waals surface area contributed by atoms with E-state index < -0.39 is 0 Å². The van der Waals surface area contributed by atoms with Crippen molar-refractivity contribution in [2.24, 2.45) is 0 Å². The van der Waals surface area contributed by atoms with Gasteiger partial charge in [0, 0.05) is 32.4 Å². The average molecular weight is 246 g/mol. The lowest BCUT2D eigenvalue weighted by molar-refractivity contribution is 0.116. The molecule has 2 aliphatic rings. The maximum Gasteiger partial charge on any atom is 0.0750 e. The van der Waals surface area contributed by atoms with E-state index in [-0.39, 0.29) is 0 Å². The zero-order valence-corrected chi connectivity index (χ0v) is 11.1. The number of anilines is 1. The lowest BCUT2D eigenvalue weighted by Gasteiger charge is -2.28. The third kappa shape index (κ3) is 2.38. The van der Waals surface area contributed by atoms with Gasteiger partial charge in [0.05, 0.1) is 6.10 Å². The molecule has 0 radical (unpaired) electrons. The van der Waals surface area contributed by atoms with Crippen LogP contribution in [0.3, 0.4) is 0 Å². The lowest BCUT2D eigenvalue weighted by atomic mass is 9.98. The van der Waals surface area contributed by atoms with E-state index in [0.29, 0.717) is 6.10 Å². The van der Waals surface area contributed by atoms with Crippen molar-refractivity contribution in [3.05, 3.63) is 29.3 Å². The number of hydrogen-bond donors (Lipinski definition) is 1. The highest BCUT2D eigenvalue weighted by Crippen LogP contribution is 2.27. The highest BCUT2D eigenvalue weighted by Gasteiger charge is 2.20. The first kappa shape index (κ1) is 12.0. The van der Waals surface area contributed by atoms with Gasteiger partial charge in [0.1, 0.15) is 0 Å². The van der Waals surface area contributed by atoms with E-state index in [4.69, 9.17) is 4.74 Å². The van der Waals surface area contributed by atoms with Gasteiger partial charge in [-0.3, -0.25) is 0 Å². The molecule has 1 fully saturated rings. The molecule has 18 heavy (non-hydrogen) atoms. The van der Waals surface area contributed by atoms with Gasteiger partial charge in [0.15, 0.2) is 0 Å². The molecule has 1 aromatic rings. The number of benzene rings is 1. The second kappa shape index (κ2) is 5.29. The molecule has 0 aromatic heterocycles. The Morgan fingerprint density at radius 2 is 2.39 bits per heavy atom. The van der Waals surface area contributed by atoms with Crippen LogP contribution in [0.1, 0.15) is 24.0 Å². The van der Waals surface area contributed by atoms with Crippen molar-refractivity contribution in [2.75, 3.05) is 31.6 Å². The molecule has 0 spiro atoms. The maximum atomic E-state index is 5.74. The Morgan fingerprint density at radius 1 is 1.44 bits per heavy atom. The summed E-state index contributed by atoms with van der Waals surface area (Å²) >= 11 is 0. The topological polar surface area (TPSA) is 24.5 Å². The first-order valence-corrected chi connectivity index (χ1v) is 6.99. The molecule has 1 aromatic carbocycles. The summed E-state index contributed by atoms with van der Waals surface area (Å²) in [6, 6.07) is 6.66. The summed E-state index contributed by atoms with van der Waals surface area (Å²) in [5.41, 5.74) is 4.37. The molecule has 1 N–H and O–H groups in total. The van der Waals surface area contributed by atoms with E-state index in [0.717, 1.165) is 32.7 Å². The predicted molar refractivity (Wildman–Crippen MR) is 74.1 cm³/mol. The molecule has 3 rings (SSSR count). The first-order valence-electron chi connectivity index (χ1n) is 6.99. The van der Waals surface area contributed by atoms with E-state index in [1.54, 1.807) is 0 Å². The van der Waals surface area contributed by atoms with Gasteiger partial charge in [-0.25, -0.2) is 0 Å². The normalized spacial score (nSPS) is 22.8. The fourth-order valence-corrected chi connectivity index (χ4v) is 3.06. The Labute approximate surface area is 109 Å². The fraction of sp³-hybridized carbons (Fsp3) is 0.600. The van der Waals surface area contributed by atoms with Gasteiger partial charge in [-0.15, -0.1) is 0 Å². The van der Waals surface area contributed by atoms with Gasteiger partial charge < -0.3 is 15.0 Å². The van der Waals surface area contributed by atoms with Gasteiger partial charge in [0.2, 0.25) is 0 Å². The molecule has 1 unspecified atom stereocenters. The summed E-state index contributed by atoms with van der Waals surface area (Å²) in [5.74, 6) is 0. The number of likely N-dealkylation sites (N-methyl/N-ethyl adjacent to an activating group) is 1. The fourth-order valence-electron chi connectivity index (χ4n) is 3.06. The van der Waals surface area contributed by atoms with Gasteiger partial charge in [-0.1, -0.05) is 12.1 Å². The molecular formula is C15H22N2O. The van der Waals surface area contributed by atoms with Gasteiger partial charge in [-0.2, -0.15) is 0 Å². The summed E-state index contributed by atoms with van der Waals surface area (Å²) in [6.45, 7) is 4.06. The number of nitrogens with one attached hydrogen (secondary N) is 1. The summed E-state index contributed by atoms with van der Waals surface area (Å²) in [6.07, 6.45) is 3.99. The summed E-state index contributed by atoms with van der Waals surface area (Å²) < 4.78 is 5.74. The number of rotatable bonds is 3. The van der Waals surface area contributed by atoms with Crippen molar-refractivity contribution < 1.29 is 4.74 Å². The number of fused-ring (bicyclic) bond motifs is 1. The van der Waals surface area contributed by atoms with Crippen LogP contribution >= 0.6 is 0 Å². The third-order valence-corrected chi connectivity index (χ3v) is 4.03. The van der Waals surface area contributed by atoms with Crippen molar-refractivity contribution in [1.82, 2.24) is 5.32 Å². The summed E-state index contributed by atoms with van der Waals surface area (Å²) in [4.78, 5) is 2.38. The monoisotopic (exact) mass is 246 g/mol. The second-order valence-corrected chi connectivity index (χ2v) is 5.36. The van der Waals surface area contributed by atoms with Crippen LogP contribution in [0.4, 0.5) is 5.69 Å². The molecule has 1 saturated heterocycles. The van der Waals surface area contributed by atoms with E-state index in [2.05, 4.69) is 35.5 Å². The van der Waals surface area contributed by atoms with Crippen LogP contribution in [0.2, 0.25) is 0 Å². The molecule has 1 atom stereocenters. The minimum absolute atomic E-state index is 0.424. The van der Waals surface area contributed by atoms with E-state index >= 15 is 0 Å². The van der Waals surface area contributed by atoms with Gasteiger partial charge in [-0.05, 0) is 43.0 Å². The van der Waals surface area contributed by atoms with Gasteiger partial charge in [0.25, 0.3) is 0 Å². The third-order valence-electron chi connectivity index (χ3n) is 4.03. The molecule has 3 nitrogen and oxygen atoms in total. The minimum atomic E-state index is 0.424. The van der Waals surface area contributed by atoms with Crippen LogP contribution in [0.15, 0.2) is 18.2 Å². The molecular weight excluding hydrogens is 224 g/mol. The van der Waals surface area contributed by atoms with E-state index in [1.807, 2.05) is 0 Å². The van der Waals surface area contributed by atoms with Crippen LogP contribution in [0.25, 0.3) is 0 Å². The Morgan fingerprint density at radius 3 is 3.22 bits per heavy atom. The number of ether oxygens (including phenoxy) is 1. The number of hydrogen-bond acceptors (Lipinski definition) is 3. The molecule has 3 heteroatoms. The molecule has 2 aliphatic heterocycles. The maximum absolute atomic E-state index is 5.74. The molecule has 0 amide bonds. The molecule has 0 aliphatic carbocycles. The number of nitrogens with zero attached hydrogens (tertiary/aromatic N) is 1. The molecule has 0 saturated carbocycles. The van der Waals surface area contributed by atoms with Crippen molar-refractivity contribution in [2.45, 2.75) is 31.9 Å². The predicted octanol–water partition coefficient (Wildman–Crippen LogP) is 1.95. The van der Waals surface area contributed by atoms with Crippen LogP contribution in [0.5, 0.6) is 0 Å². The SMILES string of the molecule is CN(CC1CCCO1)c1cccc2c1CCNC2. The van der Waals surface area contributed by atoms with Gasteiger partial charge >= 0.3 is 0 Å². The van der Waals surface area contributed by atoms with Crippen molar-refractivity contribution in [1.29, 1.82) is 0 Å². The zero-order chi connectivity index (χ0) is 12.4. The first-order chi connectivity index (χ1) is 8.84. The quantitative estimate of drug-likeness (QED) is 0.882. The smallest absolute Gasteiger partial charge is 0.0750 e. The Bertz CT molecular complexity index is 413. The summed E-state index contributed by atoms with van der Waals surface area (Å²) in [7, 11) is 2.19. The van der Waals surface area contributed by atoms with Crippen molar-refractivity contribution in [3.8, 4) is 0 Å². The van der Waals surface area contributed by atoms with Crippen molar-refractivity contribution in [3.63, 3.8) is 0 Å². The van der Waals surface area contributed by atoms with Crippen molar-refractivity contribution >= 4 is 5.69 Å². The minimum Gasteiger partial charge on any atom is -0.376 e. The van der Waals surface area contributed by atoms with Crippen LogP contribution < -0.4 is 10.2 Å². The summed E-state index contributed by atoms with van der Waals surface area (Å²) in [5, 5.41) is 3.44. The average Bonchev–Trinajstić information content (AvgIpc) is 2.91.